The highest BCUT2D eigenvalue weighted by atomic mass is 35.5. The third-order valence-corrected chi connectivity index (χ3v) is 4.25. The molecule has 2 aromatic rings. The molecular formula is C16H16Cl2N2O. The fourth-order valence-electron chi connectivity index (χ4n) is 2.52. The van der Waals surface area contributed by atoms with E-state index in [0.717, 1.165) is 18.4 Å². The molecular weight excluding hydrogens is 307 g/mol. The van der Waals surface area contributed by atoms with Gasteiger partial charge in [-0.3, -0.25) is 0 Å². The second kappa shape index (κ2) is 5.91. The van der Waals surface area contributed by atoms with Gasteiger partial charge in [0.2, 0.25) is 0 Å². The van der Waals surface area contributed by atoms with Crippen LogP contribution in [0.25, 0.3) is 11.1 Å². The largest absolute Gasteiger partial charge is 0.367 e. The summed E-state index contributed by atoms with van der Waals surface area (Å²) in [6, 6.07) is 7.97. The van der Waals surface area contributed by atoms with E-state index in [9.17, 15) is 0 Å². The number of benzene rings is 1. The van der Waals surface area contributed by atoms with Crippen LogP contribution in [0.1, 0.15) is 37.3 Å². The average Bonchev–Trinajstić information content (AvgIpc) is 2.87. The molecule has 0 aliphatic carbocycles. The lowest BCUT2D eigenvalue weighted by Crippen LogP contribution is -2.06. The van der Waals surface area contributed by atoms with Gasteiger partial charge in [0.1, 0.15) is 16.4 Å². The van der Waals surface area contributed by atoms with Crippen molar-refractivity contribution in [1.29, 1.82) is 0 Å². The van der Waals surface area contributed by atoms with Crippen molar-refractivity contribution in [2.24, 2.45) is 0 Å². The van der Waals surface area contributed by atoms with Gasteiger partial charge in [0.05, 0.1) is 11.7 Å². The first-order valence-electron chi connectivity index (χ1n) is 7.00. The maximum Gasteiger partial charge on any atom is 0.160 e. The SMILES string of the molecule is Cc1ccc(-c2c(Cl)nc(C3CCC(C)O3)nc2Cl)cc1. The first-order chi connectivity index (χ1) is 10.0. The zero-order chi connectivity index (χ0) is 15.0. The van der Waals surface area contributed by atoms with Gasteiger partial charge in [-0.15, -0.1) is 0 Å². The molecule has 3 nitrogen and oxygen atoms in total. The van der Waals surface area contributed by atoms with Crippen LogP contribution in [0.15, 0.2) is 24.3 Å². The number of nitrogens with zero attached hydrogens (tertiary/aromatic N) is 2. The Kier molecular flexibility index (Phi) is 4.16. The molecule has 0 N–H and O–H groups in total. The molecule has 2 unspecified atom stereocenters. The number of halogens is 2. The highest BCUT2D eigenvalue weighted by Crippen LogP contribution is 2.36. The van der Waals surface area contributed by atoms with Crippen LogP contribution in [0.3, 0.4) is 0 Å². The van der Waals surface area contributed by atoms with E-state index in [0.29, 0.717) is 21.7 Å². The van der Waals surface area contributed by atoms with Crippen LogP contribution in [0.5, 0.6) is 0 Å². The minimum Gasteiger partial charge on any atom is -0.367 e. The highest BCUT2D eigenvalue weighted by molar-refractivity contribution is 6.37. The van der Waals surface area contributed by atoms with Crippen LogP contribution in [0, 0.1) is 6.92 Å². The zero-order valence-corrected chi connectivity index (χ0v) is 13.4. The number of aromatic nitrogens is 2. The molecule has 1 aliphatic heterocycles. The highest BCUT2D eigenvalue weighted by Gasteiger charge is 2.27. The lowest BCUT2D eigenvalue weighted by Gasteiger charge is -2.13. The zero-order valence-electron chi connectivity index (χ0n) is 11.9. The molecule has 21 heavy (non-hydrogen) atoms. The minimum absolute atomic E-state index is 0.109. The summed E-state index contributed by atoms with van der Waals surface area (Å²) in [7, 11) is 0. The summed E-state index contributed by atoms with van der Waals surface area (Å²) in [6.45, 7) is 4.08. The Bertz CT molecular complexity index is 635. The molecule has 0 bridgehead atoms. The van der Waals surface area contributed by atoms with Crippen molar-refractivity contribution in [3.8, 4) is 11.1 Å². The average molecular weight is 323 g/mol. The second-order valence-corrected chi connectivity index (χ2v) is 6.13. The molecule has 110 valence electrons. The van der Waals surface area contributed by atoms with Gasteiger partial charge < -0.3 is 4.74 Å². The number of hydrogen-bond acceptors (Lipinski definition) is 3. The predicted molar refractivity (Wildman–Crippen MR) is 84.7 cm³/mol. The summed E-state index contributed by atoms with van der Waals surface area (Å²) in [6.07, 6.45) is 2.02. The topological polar surface area (TPSA) is 35.0 Å². The summed E-state index contributed by atoms with van der Waals surface area (Å²) in [5.74, 6) is 0.574. The lowest BCUT2D eigenvalue weighted by molar-refractivity contribution is 0.0503. The van der Waals surface area contributed by atoms with Crippen molar-refractivity contribution in [3.63, 3.8) is 0 Å². The molecule has 3 rings (SSSR count). The maximum absolute atomic E-state index is 6.33. The summed E-state index contributed by atoms with van der Waals surface area (Å²) in [4.78, 5) is 8.79. The van der Waals surface area contributed by atoms with E-state index in [2.05, 4.69) is 9.97 Å². The van der Waals surface area contributed by atoms with E-state index in [1.54, 1.807) is 0 Å². The standard InChI is InChI=1S/C16H16Cl2N2O/c1-9-3-6-11(7-4-9)13-14(17)19-16(20-15(13)18)12-8-5-10(2)21-12/h3-4,6-7,10,12H,5,8H2,1-2H3. The molecule has 0 amide bonds. The monoisotopic (exact) mass is 322 g/mol. The molecule has 1 aromatic carbocycles. The predicted octanol–water partition coefficient (Wildman–Crippen LogP) is 5.00. The van der Waals surface area contributed by atoms with E-state index in [4.69, 9.17) is 27.9 Å². The van der Waals surface area contributed by atoms with Crippen LogP contribution in [-0.2, 0) is 4.74 Å². The maximum atomic E-state index is 6.33. The van der Waals surface area contributed by atoms with Crippen molar-refractivity contribution in [1.82, 2.24) is 9.97 Å². The van der Waals surface area contributed by atoms with Gasteiger partial charge in [0.15, 0.2) is 5.82 Å². The van der Waals surface area contributed by atoms with Crippen LogP contribution in [-0.4, -0.2) is 16.1 Å². The third-order valence-electron chi connectivity index (χ3n) is 3.70. The normalized spacial score (nSPS) is 21.7. The molecule has 0 radical (unpaired) electrons. The van der Waals surface area contributed by atoms with E-state index < -0.39 is 0 Å². The van der Waals surface area contributed by atoms with Gasteiger partial charge in [-0.1, -0.05) is 53.0 Å². The van der Waals surface area contributed by atoms with Crippen molar-refractivity contribution in [2.45, 2.75) is 38.9 Å². The van der Waals surface area contributed by atoms with E-state index in [1.165, 1.54) is 5.56 Å². The molecule has 1 fully saturated rings. The van der Waals surface area contributed by atoms with Gasteiger partial charge in [0.25, 0.3) is 0 Å². The summed E-state index contributed by atoms with van der Waals surface area (Å²) in [5, 5.41) is 0.744. The number of aryl methyl sites for hydroxylation is 1. The fourth-order valence-corrected chi connectivity index (χ4v) is 3.14. The van der Waals surface area contributed by atoms with Crippen molar-refractivity contribution >= 4 is 23.2 Å². The minimum atomic E-state index is -0.109. The first-order valence-corrected chi connectivity index (χ1v) is 7.75. The van der Waals surface area contributed by atoms with E-state index in [1.807, 2.05) is 38.1 Å². The van der Waals surface area contributed by atoms with Crippen LogP contribution in [0.4, 0.5) is 0 Å². The number of ether oxygens (including phenoxy) is 1. The summed E-state index contributed by atoms with van der Waals surface area (Å²) in [5.41, 5.74) is 2.77. The van der Waals surface area contributed by atoms with Crippen LogP contribution in [0.2, 0.25) is 10.3 Å². The number of hydrogen-bond donors (Lipinski definition) is 0. The van der Waals surface area contributed by atoms with E-state index in [-0.39, 0.29) is 12.2 Å². The smallest absolute Gasteiger partial charge is 0.160 e. The molecule has 2 atom stereocenters. The third kappa shape index (κ3) is 3.05. The Morgan fingerprint density at radius 3 is 2.19 bits per heavy atom. The quantitative estimate of drug-likeness (QED) is 0.730. The van der Waals surface area contributed by atoms with E-state index >= 15 is 0 Å². The molecule has 0 spiro atoms. The molecule has 1 aliphatic rings. The molecule has 1 saturated heterocycles. The number of rotatable bonds is 2. The molecule has 2 heterocycles. The Morgan fingerprint density at radius 1 is 1.05 bits per heavy atom. The van der Waals surface area contributed by atoms with Gasteiger partial charge in [-0.05, 0) is 32.3 Å². The Hall–Kier alpha value is -1.16. The van der Waals surface area contributed by atoms with Crippen molar-refractivity contribution in [2.75, 3.05) is 0 Å². The lowest BCUT2D eigenvalue weighted by atomic mass is 10.1. The van der Waals surface area contributed by atoms with Gasteiger partial charge in [-0.25, -0.2) is 9.97 Å². The van der Waals surface area contributed by atoms with Crippen molar-refractivity contribution < 1.29 is 4.74 Å². The molecule has 0 saturated carbocycles. The Labute approximate surface area is 134 Å². The van der Waals surface area contributed by atoms with Gasteiger partial charge in [0, 0.05) is 0 Å². The fraction of sp³-hybridized carbons (Fsp3) is 0.375. The summed E-state index contributed by atoms with van der Waals surface area (Å²) >= 11 is 12.7. The van der Waals surface area contributed by atoms with Crippen LogP contribution >= 0.6 is 23.2 Å². The molecule has 5 heteroatoms. The second-order valence-electron chi connectivity index (χ2n) is 5.42. The van der Waals surface area contributed by atoms with Crippen molar-refractivity contribution in [3.05, 3.63) is 46.0 Å². The first kappa shape index (κ1) is 14.8. The Balaban J connectivity index is 1.98. The Morgan fingerprint density at radius 2 is 1.67 bits per heavy atom. The van der Waals surface area contributed by atoms with Gasteiger partial charge >= 0.3 is 0 Å². The molecule has 1 aromatic heterocycles. The van der Waals surface area contributed by atoms with Gasteiger partial charge in [-0.2, -0.15) is 0 Å². The van der Waals surface area contributed by atoms with Crippen LogP contribution < -0.4 is 0 Å². The summed E-state index contributed by atoms with van der Waals surface area (Å²) < 4.78 is 5.78.